The van der Waals surface area contributed by atoms with Gasteiger partial charge >= 0.3 is 0 Å². The fourth-order valence-corrected chi connectivity index (χ4v) is 2.54. The average molecular weight is 299 g/mol. The fourth-order valence-electron chi connectivity index (χ4n) is 2.54. The number of benzene rings is 1. The van der Waals surface area contributed by atoms with E-state index in [-0.39, 0.29) is 11.7 Å². The molecular weight excluding hydrogens is 281 g/mol. The molecule has 1 saturated heterocycles. The number of carbonyl (C=O) groups excluding carboxylic acids is 1. The van der Waals surface area contributed by atoms with Crippen molar-refractivity contribution in [1.29, 1.82) is 0 Å². The van der Waals surface area contributed by atoms with Gasteiger partial charge in [0.1, 0.15) is 11.6 Å². The van der Waals surface area contributed by atoms with Crippen molar-refractivity contribution >= 4 is 11.7 Å². The first kappa shape index (κ1) is 14.5. The Hall–Kier alpha value is -2.43. The highest BCUT2D eigenvalue weighted by molar-refractivity contribution is 5.94. The van der Waals surface area contributed by atoms with E-state index in [9.17, 15) is 9.18 Å². The van der Waals surface area contributed by atoms with Crippen LogP contribution in [-0.2, 0) is 6.54 Å². The van der Waals surface area contributed by atoms with Gasteiger partial charge in [0.2, 0.25) is 0 Å². The maximum absolute atomic E-state index is 12.8. The molecule has 0 aliphatic carbocycles. The first-order valence-corrected chi connectivity index (χ1v) is 7.46. The standard InChI is InChI=1S/C17H18FN3O/c18-15-6-4-14(5-7-15)17(22)20-12-13-3-8-16(19-11-13)21-9-1-2-10-21/h3-8,11H,1-2,9-10,12H2,(H,20,22). The van der Waals surface area contributed by atoms with Crippen LogP contribution in [-0.4, -0.2) is 24.0 Å². The van der Waals surface area contributed by atoms with E-state index in [1.54, 1.807) is 6.20 Å². The number of anilines is 1. The normalized spacial score (nSPS) is 14.1. The third-order valence-electron chi connectivity index (χ3n) is 3.80. The van der Waals surface area contributed by atoms with Crippen LogP contribution in [0.5, 0.6) is 0 Å². The lowest BCUT2D eigenvalue weighted by Gasteiger charge is -2.16. The van der Waals surface area contributed by atoms with Crippen molar-refractivity contribution in [3.05, 3.63) is 59.5 Å². The number of hydrogen-bond acceptors (Lipinski definition) is 3. The summed E-state index contributed by atoms with van der Waals surface area (Å²) in [5.41, 5.74) is 1.39. The summed E-state index contributed by atoms with van der Waals surface area (Å²) in [6, 6.07) is 9.47. The molecule has 1 aromatic heterocycles. The second kappa shape index (κ2) is 6.56. The van der Waals surface area contributed by atoms with Gasteiger partial charge in [0, 0.05) is 31.4 Å². The number of nitrogens with zero attached hydrogens (tertiary/aromatic N) is 2. The summed E-state index contributed by atoms with van der Waals surface area (Å²) in [6.07, 6.45) is 4.23. The van der Waals surface area contributed by atoms with Gasteiger partial charge in [-0.2, -0.15) is 0 Å². The Labute approximate surface area is 129 Å². The topological polar surface area (TPSA) is 45.2 Å². The van der Waals surface area contributed by atoms with E-state index >= 15 is 0 Å². The zero-order valence-electron chi connectivity index (χ0n) is 12.3. The lowest BCUT2D eigenvalue weighted by atomic mass is 10.2. The summed E-state index contributed by atoms with van der Waals surface area (Å²) in [5.74, 6) is 0.424. The Morgan fingerprint density at radius 3 is 2.50 bits per heavy atom. The van der Waals surface area contributed by atoms with E-state index in [4.69, 9.17) is 0 Å². The maximum Gasteiger partial charge on any atom is 0.251 e. The molecule has 5 heteroatoms. The number of halogens is 1. The number of amides is 1. The molecule has 0 saturated carbocycles. The number of carbonyl (C=O) groups is 1. The van der Waals surface area contributed by atoms with Crippen LogP contribution in [0.1, 0.15) is 28.8 Å². The van der Waals surface area contributed by atoms with Crippen LogP contribution in [0.25, 0.3) is 0 Å². The van der Waals surface area contributed by atoms with Crippen LogP contribution in [0.15, 0.2) is 42.6 Å². The number of pyridine rings is 1. The van der Waals surface area contributed by atoms with E-state index in [0.717, 1.165) is 24.5 Å². The Morgan fingerprint density at radius 2 is 1.86 bits per heavy atom. The molecule has 0 bridgehead atoms. The van der Waals surface area contributed by atoms with E-state index < -0.39 is 0 Å². The van der Waals surface area contributed by atoms with E-state index in [1.807, 2.05) is 12.1 Å². The Bertz CT molecular complexity index is 634. The first-order chi connectivity index (χ1) is 10.7. The van der Waals surface area contributed by atoms with Crippen LogP contribution in [0, 0.1) is 5.82 Å². The maximum atomic E-state index is 12.8. The molecule has 1 aliphatic rings. The van der Waals surface area contributed by atoms with E-state index in [1.165, 1.54) is 37.1 Å². The van der Waals surface area contributed by atoms with Crippen molar-refractivity contribution in [3.63, 3.8) is 0 Å². The molecule has 4 nitrogen and oxygen atoms in total. The van der Waals surface area contributed by atoms with Gasteiger partial charge in [-0.1, -0.05) is 6.07 Å². The van der Waals surface area contributed by atoms with Crippen molar-refractivity contribution < 1.29 is 9.18 Å². The van der Waals surface area contributed by atoms with Gasteiger partial charge in [-0.15, -0.1) is 0 Å². The molecule has 1 aromatic carbocycles. The minimum atomic E-state index is -0.349. The van der Waals surface area contributed by atoms with Crippen LogP contribution in [0.4, 0.5) is 10.2 Å². The molecule has 1 aliphatic heterocycles. The Morgan fingerprint density at radius 1 is 1.14 bits per heavy atom. The van der Waals surface area contributed by atoms with Crippen molar-refractivity contribution in [1.82, 2.24) is 10.3 Å². The Balaban J connectivity index is 1.56. The van der Waals surface area contributed by atoms with Crippen molar-refractivity contribution in [3.8, 4) is 0 Å². The van der Waals surface area contributed by atoms with Gasteiger partial charge < -0.3 is 10.2 Å². The molecule has 3 rings (SSSR count). The van der Waals surface area contributed by atoms with Gasteiger partial charge in [-0.05, 0) is 48.7 Å². The quantitative estimate of drug-likeness (QED) is 0.944. The van der Waals surface area contributed by atoms with Gasteiger partial charge in [0.25, 0.3) is 5.91 Å². The summed E-state index contributed by atoms with van der Waals surface area (Å²) in [5, 5.41) is 2.81. The summed E-state index contributed by atoms with van der Waals surface area (Å²) < 4.78 is 12.8. The lowest BCUT2D eigenvalue weighted by Crippen LogP contribution is -2.23. The molecule has 2 heterocycles. The van der Waals surface area contributed by atoms with Gasteiger partial charge in [0.15, 0.2) is 0 Å². The minimum Gasteiger partial charge on any atom is -0.357 e. The third-order valence-corrected chi connectivity index (χ3v) is 3.80. The van der Waals surface area contributed by atoms with E-state index in [2.05, 4.69) is 15.2 Å². The van der Waals surface area contributed by atoms with Crippen molar-refractivity contribution in [2.45, 2.75) is 19.4 Å². The third kappa shape index (κ3) is 3.42. The van der Waals surface area contributed by atoms with Crippen LogP contribution < -0.4 is 10.2 Å². The summed E-state index contributed by atoms with van der Waals surface area (Å²) in [6.45, 7) is 2.53. The fraction of sp³-hybridized carbons (Fsp3) is 0.294. The molecule has 1 amide bonds. The predicted octanol–water partition coefficient (Wildman–Crippen LogP) is 2.75. The molecule has 0 unspecified atom stereocenters. The predicted molar refractivity (Wildman–Crippen MR) is 83.3 cm³/mol. The van der Waals surface area contributed by atoms with Crippen LogP contribution in [0.3, 0.4) is 0 Å². The van der Waals surface area contributed by atoms with Gasteiger partial charge in [-0.3, -0.25) is 4.79 Å². The average Bonchev–Trinajstić information content (AvgIpc) is 3.08. The summed E-state index contributed by atoms with van der Waals surface area (Å²) in [7, 11) is 0. The molecule has 0 spiro atoms. The van der Waals surface area contributed by atoms with Crippen LogP contribution in [0.2, 0.25) is 0 Å². The minimum absolute atomic E-state index is 0.219. The Kier molecular flexibility index (Phi) is 4.32. The molecular formula is C17H18FN3O. The SMILES string of the molecule is O=C(NCc1ccc(N2CCCC2)nc1)c1ccc(F)cc1. The smallest absolute Gasteiger partial charge is 0.251 e. The summed E-state index contributed by atoms with van der Waals surface area (Å²) in [4.78, 5) is 18.7. The summed E-state index contributed by atoms with van der Waals surface area (Å²) >= 11 is 0. The monoisotopic (exact) mass is 299 g/mol. The second-order valence-electron chi connectivity index (χ2n) is 5.41. The number of nitrogens with one attached hydrogen (secondary N) is 1. The van der Waals surface area contributed by atoms with E-state index in [0.29, 0.717) is 12.1 Å². The highest BCUT2D eigenvalue weighted by Gasteiger charge is 2.13. The van der Waals surface area contributed by atoms with Crippen molar-refractivity contribution in [2.75, 3.05) is 18.0 Å². The lowest BCUT2D eigenvalue weighted by molar-refractivity contribution is 0.0951. The number of hydrogen-bond donors (Lipinski definition) is 1. The molecule has 1 N–H and O–H groups in total. The van der Waals surface area contributed by atoms with Crippen LogP contribution >= 0.6 is 0 Å². The largest absolute Gasteiger partial charge is 0.357 e. The van der Waals surface area contributed by atoms with Gasteiger partial charge in [0.05, 0.1) is 0 Å². The first-order valence-electron chi connectivity index (χ1n) is 7.46. The molecule has 0 radical (unpaired) electrons. The second-order valence-corrected chi connectivity index (χ2v) is 5.41. The highest BCUT2D eigenvalue weighted by atomic mass is 19.1. The number of aromatic nitrogens is 1. The van der Waals surface area contributed by atoms with Crippen molar-refractivity contribution in [2.24, 2.45) is 0 Å². The molecule has 1 fully saturated rings. The zero-order chi connectivity index (χ0) is 15.4. The highest BCUT2D eigenvalue weighted by Crippen LogP contribution is 2.17. The molecule has 22 heavy (non-hydrogen) atoms. The van der Waals surface area contributed by atoms with Gasteiger partial charge in [-0.25, -0.2) is 9.37 Å². The zero-order valence-corrected chi connectivity index (χ0v) is 12.3. The number of rotatable bonds is 4. The molecule has 114 valence electrons. The molecule has 2 aromatic rings. The molecule has 0 atom stereocenters.